The monoisotopic (exact) mass is 194 g/mol. The molecule has 1 aromatic rings. The summed E-state index contributed by atoms with van der Waals surface area (Å²) in [6.45, 7) is 1.38. The van der Waals surface area contributed by atoms with Gasteiger partial charge in [0.15, 0.2) is 0 Å². The van der Waals surface area contributed by atoms with Gasteiger partial charge in [-0.25, -0.2) is 0 Å². The molecule has 0 fully saturated rings. The van der Waals surface area contributed by atoms with Crippen LogP contribution in [0, 0.1) is 0 Å². The SMILES string of the molecule is CC(=O)O[C@H](CCO)c1ccccc1. The van der Waals surface area contributed by atoms with Crippen LogP contribution < -0.4 is 0 Å². The molecule has 0 heterocycles. The summed E-state index contributed by atoms with van der Waals surface area (Å²) >= 11 is 0. The Morgan fingerprint density at radius 2 is 2.07 bits per heavy atom. The van der Waals surface area contributed by atoms with Gasteiger partial charge in [0.1, 0.15) is 6.10 Å². The summed E-state index contributed by atoms with van der Waals surface area (Å²) in [6, 6.07) is 9.41. The maximum absolute atomic E-state index is 10.8. The molecular weight excluding hydrogens is 180 g/mol. The number of hydrogen-bond donors (Lipinski definition) is 1. The van der Waals surface area contributed by atoms with E-state index < -0.39 is 0 Å². The molecule has 3 nitrogen and oxygen atoms in total. The molecule has 0 saturated carbocycles. The highest BCUT2D eigenvalue weighted by Crippen LogP contribution is 2.20. The summed E-state index contributed by atoms with van der Waals surface area (Å²) in [5.41, 5.74) is 0.914. The number of hydrogen-bond acceptors (Lipinski definition) is 3. The summed E-state index contributed by atoms with van der Waals surface area (Å²) in [7, 11) is 0. The number of carbonyl (C=O) groups is 1. The zero-order valence-corrected chi connectivity index (χ0v) is 8.14. The van der Waals surface area contributed by atoms with Gasteiger partial charge in [0.25, 0.3) is 0 Å². The van der Waals surface area contributed by atoms with Crippen molar-refractivity contribution >= 4 is 5.97 Å². The fraction of sp³-hybridized carbons (Fsp3) is 0.364. The fourth-order valence-corrected chi connectivity index (χ4v) is 1.28. The van der Waals surface area contributed by atoms with Crippen LogP contribution in [0.5, 0.6) is 0 Å². The van der Waals surface area contributed by atoms with Crippen LogP contribution in [0.2, 0.25) is 0 Å². The molecule has 14 heavy (non-hydrogen) atoms. The lowest BCUT2D eigenvalue weighted by molar-refractivity contribution is -0.147. The van der Waals surface area contributed by atoms with Crippen molar-refractivity contribution in [3.8, 4) is 0 Å². The number of benzene rings is 1. The summed E-state index contributed by atoms with van der Waals surface area (Å²) in [6.07, 6.45) is 0.0996. The Balaban J connectivity index is 2.72. The lowest BCUT2D eigenvalue weighted by Crippen LogP contribution is -2.09. The Kier molecular flexibility index (Phi) is 4.13. The van der Waals surface area contributed by atoms with Gasteiger partial charge in [-0.3, -0.25) is 4.79 Å². The van der Waals surface area contributed by atoms with E-state index in [0.29, 0.717) is 6.42 Å². The third-order valence-electron chi connectivity index (χ3n) is 1.87. The Morgan fingerprint density at radius 1 is 1.43 bits per heavy atom. The molecule has 0 radical (unpaired) electrons. The van der Waals surface area contributed by atoms with Crippen LogP contribution in [0.1, 0.15) is 25.0 Å². The molecule has 1 rings (SSSR count). The van der Waals surface area contributed by atoms with E-state index >= 15 is 0 Å². The number of carbonyl (C=O) groups excluding carboxylic acids is 1. The molecule has 0 amide bonds. The van der Waals surface area contributed by atoms with Gasteiger partial charge in [-0.2, -0.15) is 0 Å². The first kappa shape index (κ1) is 10.7. The van der Waals surface area contributed by atoms with Crippen molar-refractivity contribution in [2.75, 3.05) is 6.61 Å². The van der Waals surface area contributed by atoms with Crippen molar-refractivity contribution in [1.82, 2.24) is 0 Å². The lowest BCUT2D eigenvalue weighted by Gasteiger charge is -2.15. The summed E-state index contributed by atoms with van der Waals surface area (Å²) in [5, 5.41) is 8.82. The summed E-state index contributed by atoms with van der Waals surface area (Å²) < 4.78 is 5.08. The van der Waals surface area contributed by atoms with E-state index in [4.69, 9.17) is 9.84 Å². The zero-order chi connectivity index (χ0) is 10.4. The first-order chi connectivity index (χ1) is 6.74. The van der Waals surface area contributed by atoms with Gasteiger partial charge in [-0.05, 0) is 5.56 Å². The van der Waals surface area contributed by atoms with Crippen molar-refractivity contribution < 1.29 is 14.6 Å². The van der Waals surface area contributed by atoms with Crippen LogP contribution in [0.4, 0.5) is 0 Å². The van der Waals surface area contributed by atoms with E-state index in [0.717, 1.165) is 5.56 Å². The maximum Gasteiger partial charge on any atom is 0.303 e. The minimum atomic E-state index is -0.335. The Hall–Kier alpha value is -1.35. The molecular formula is C11H14O3. The maximum atomic E-state index is 10.8. The average molecular weight is 194 g/mol. The van der Waals surface area contributed by atoms with Gasteiger partial charge >= 0.3 is 5.97 Å². The van der Waals surface area contributed by atoms with Crippen LogP contribution in [-0.4, -0.2) is 17.7 Å². The van der Waals surface area contributed by atoms with E-state index in [1.165, 1.54) is 6.92 Å². The molecule has 0 bridgehead atoms. The molecule has 0 aromatic heterocycles. The van der Waals surface area contributed by atoms with Gasteiger partial charge in [-0.1, -0.05) is 30.3 Å². The third kappa shape index (κ3) is 3.18. The van der Waals surface area contributed by atoms with Crippen molar-refractivity contribution in [2.45, 2.75) is 19.4 Å². The van der Waals surface area contributed by atoms with E-state index in [-0.39, 0.29) is 18.7 Å². The largest absolute Gasteiger partial charge is 0.458 e. The van der Waals surface area contributed by atoms with Gasteiger partial charge < -0.3 is 9.84 Å². The number of ether oxygens (including phenoxy) is 1. The van der Waals surface area contributed by atoms with Gasteiger partial charge in [0.05, 0.1) is 0 Å². The Morgan fingerprint density at radius 3 is 2.57 bits per heavy atom. The highest BCUT2D eigenvalue weighted by atomic mass is 16.5. The first-order valence-corrected chi connectivity index (χ1v) is 4.57. The highest BCUT2D eigenvalue weighted by Gasteiger charge is 2.13. The van der Waals surface area contributed by atoms with E-state index in [1.54, 1.807) is 0 Å². The molecule has 0 unspecified atom stereocenters. The number of rotatable bonds is 4. The molecule has 0 saturated heterocycles. The predicted molar refractivity (Wildman–Crippen MR) is 52.7 cm³/mol. The summed E-state index contributed by atoms with van der Waals surface area (Å²) in [4.78, 5) is 10.8. The molecule has 1 atom stereocenters. The van der Waals surface area contributed by atoms with Gasteiger partial charge in [-0.15, -0.1) is 0 Å². The van der Waals surface area contributed by atoms with Crippen molar-refractivity contribution in [1.29, 1.82) is 0 Å². The zero-order valence-electron chi connectivity index (χ0n) is 8.14. The molecule has 1 aromatic carbocycles. The van der Waals surface area contributed by atoms with Gasteiger partial charge in [0, 0.05) is 20.0 Å². The van der Waals surface area contributed by atoms with E-state index in [9.17, 15) is 4.79 Å². The smallest absolute Gasteiger partial charge is 0.303 e. The molecule has 1 N–H and O–H groups in total. The average Bonchev–Trinajstić information content (AvgIpc) is 2.18. The normalized spacial score (nSPS) is 12.1. The van der Waals surface area contributed by atoms with Crippen LogP contribution in [-0.2, 0) is 9.53 Å². The highest BCUT2D eigenvalue weighted by molar-refractivity contribution is 5.66. The second-order valence-electron chi connectivity index (χ2n) is 3.02. The predicted octanol–water partition coefficient (Wildman–Crippen LogP) is 1.67. The Labute approximate surface area is 83.3 Å². The van der Waals surface area contributed by atoms with Gasteiger partial charge in [0.2, 0.25) is 0 Å². The second-order valence-corrected chi connectivity index (χ2v) is 3.02. The number of aliphatic hydroxyl groups is 1. The Bertz CT molecular complexity index is 282. The fourth-order valence-electron chi connectivity index (χ4n) is 1.28. The minimum absolute atomic E-state index is 0.00679. The number of esters is 1. The third-order valence-corrected chi connectivity index (χ3v) is 1.87. The molecule has 0 spiro atoms. The molecule has 0 aliphatic heterocycles. The van der Waals surface area contributed by atoms with Crippen LogP contribution >= 0.6 is 0 Å². The van der Waals surface area contributed by atoms with E-state index in [1.807, 2.05) is 30.3 Å². The molecule has 76 valence electrons. The molecule has 0 aliphatic rings. The first-order valence-electron chi connectivity index (χ1n) is 4.57. The van der Waals surface area contributed by atoms with Crippen LogP contribution in [0.3, 0.4) is 0 Å². The topological polar surface area (TPSA) is 46.5 Å². The second kappa shape index (κ2) is 5.40. The van der Waals surface area contributed by atoms with E-state index in [2.05, 4.69) is 0 Å². The summed E-state index contributed by atoms with van der Waals surface area (Å²) in [5.74, 6) is -0.327. The van der Waals surface area contributed by atoms with Crippen molar-refractivity contribution in [3.05, 3.63) is 35.9 Å². The van der Waals surface area contributed by atoms with Crippen molar-refractivity contribution in [3.63, 3.8) is 0 Å². The number of aliphatic hydroxyl groups excluding tert-OH is 1. The van der Waals surface area contributed by atoms with Crippen molar-refractivity contribution in [2.24, 2.45) is 0 Å². The minimum Gasteiger partial charge on any atom is -0.458 e. The standard InChI is InChI=1S/C11H14O3/c1-9(13)14-11(7-8-12)10-5-3-2-4-6-10/h2-6,11-12H,7-8H2,1H3/t11-/m1/s1. The lowest BCUT2D eigenvalue weighted by atomic mass is 10.1. The molecule has 0 aliphatic carbocycles. The molecule has 3 heteroatoms. The van der Waals surface area contributed by atoms with Crippen LogP contribution in [0.25, 0.3) is 0 Å². The van der Waals surface area contributed by atoms with Crippen LogP contribution in [0.15, 0.2) is 30.3 Å². The quantitative estimate of drug-likeness (QED) is 0.742.